The second kappa shape index (κ2) is 7.20. The molecule has 1 aliphatic heterocycles. The Balaban J connectivity index is 1.23. The number of nitriles is 1. The van der Waals surface area contributed by atoms with Crippen LogP contribution in [0.2, 0.25) is 0 Å². The van der Waals surface area contributed by atoms with E-state index in [1.54, 1.807) is 6.20 Å². The number of hydrogen-bond donors (Lipinski definition) is 2. The first-order valence-corrected chi connectivity index (χ1v) is 9.54. The van der Waals surface area contributed by atoms with Crippen molar-refractivity contribution in [1.82, 2.24) is 15.3 Å². The van der Waals surface area contributed by atoms with Gasteiger partial charge in [0.2, 0.25) is 5.91 Å². The van der Waals surface area contributed by atoms with Crippen LogP contribution in [0.25, 0.3) is 0 Å². The van der Waals surface area contributed by atoms with Crippen LogP contribution < -0.4 is 10.6 Å². The van der Waals surface area contributed by atoms with Gasteiger partial charge < -0.3 is 15.4 Å². The van der Waals surface area contributed by atoms with Gasteiger partial charge in [0.1, 0.15) is 11.9 Å². The van der Waals surface area contributed by atoms with Gasteiger partial charge in [-0.05, 0) is 50.4 Å². The summed E-state index contributed by atoms with van der Waals surface area (Å²) in [5, 5.41) is 15.3. The van der Waals surface area contributed by atoms with Gasteiger partial charge >= 0.3 is 0 Å². The van der Waals surface area contributed by atoms with Crippen LogP contribution in [0.3, 0.4) is 0 Å². The zero-order valence-corrected chi connectivity index (χ0v) is 14.9. The maximum atomic E-state index is 12.4. The van der Waals surface area contributed by atoms with Crippen molar-refractivity contribution in [2.24, 2.45) is 5.41 Å². The van der Waals surface area contributed by atoms with Gasteiger partial charge in [-0.25, -0.2) is 9.97 Å². The summed E-state index contributed by atoms with van der Waals surface area (Å²) in [7, 11) is 0. The van der Waals surface area contributed by atoms with Crippen LogP contribution in [0, 0.1) is 16.7 Å². The van der Waals surface area contributed by atoms with Gasteiger partial charge in [0.25, 0.3) is 0 Å². The number of carbonyl (C=O) groups is 1. The highest BCUT2D eigenvalue weighted by Crippen LogP contribution is 2.54. The molecule has 2 heterocycles. The van der Waals surface area contributed by atoms with E-state index in [0.717, 1.165) is 38.7 Å². The molecule has 138 valence electrons. The molecule has 7 heteroatoms. The largest absolute Gasteiger partial charge is 0.377 e. The second-order valence-electron chi connectivity index (χ2n) is 8.01. The van der Waals surface area contributed by atoms with Gasteiger partial charge in [-0.15, -0.1) is 0 Å². The molecule has 26 heavy (non-hydrogen) atoms. The minimum Gasteiger partial charge on any atom is -0.377 e. The van der Waals surface area contributed by atoms with Crippen molar-refractivity contribution >= 4 is 11.7 Å². The van der Waals surface area contributed by atoms with E-state index in [-0.39, 0.29) is 24.1 Å². The molecule has 1 amide bonds. The zero-order valence-electron chi connectivity index (χ0n) is 14.9. The summed E-state index contributed by atoms with van der Waals surface area (Å²) < 4.78 is 5.80. The quantitative estimate of drug-likeness (QED) is 0.839. The van der Waals surface area contributed by atoms with Crippen molar-refractivity contribution in [3.63, 3.8) is 0 Å². The Morgan fingerprint density at radius 2 is 2.15 bits per heavy atom. The summed E-state index contributed by atoms with van der Waals surface area (Å²) in [4.78, 5) is 20.6. The first kappa shape index (κ1) is 17.2. The first-order chi connectivity index (χ1) is 12.6. The number of nitrogens with zero attached hydrogens (tertiary/aromatic N) is 3. The lowest BCUT2D eigenvalue weighted by atomic mass is 9.90. The van der Waals surface area contributed by atoms with Crippen molar-refractivity contribution in [1.29, 1.82) is 5.26 Å². The Kier molecular flexibility index (Phi) is 4.77. The monoisotopic (exact) mass is 355 g/mol. The van der Waals surface area contributed by atoms with E-state index in [4.69, 9.17) is 10.00 Å². The number of ether oxygens (including phenoxy) is 1. The van der Waals surface area contributed by atoms with Crippen LogP contribution in [-0.4, -0.2) is 40.7 Å². The summed E-state index contributed by atoms with van der Waals surface area (Å²) in [6, 6.07) is 2.41. The highest BCUT2D eigenvalue weighted by atomic mass is 16.5. The van der Waals surface area contributed by atoms with Crippen molar-refractivity contribution in [3.8, 4) is 6.07 Å². The molecule has 0 aromatic carbocycles. The highest BCUT2D eigenvalue weighted by molar-refractivity contribution is 5.76. The number of amides is 1. The van der Waals surface area contributed by atoms with Gasteiger partial charge in [-0.3, -0.25) is 4.79 Å². The second-order valence-corrected chi connectivity index (χ2v) is 8.01. The molecule has 1 aromatic rings. The molecule has 4 rings (SSSR count). The van der Waals surface area contributed by atoms with Crippen LogP contribution >= 0.6 is 0 Å². The lowest BCUT2D eigenvalue weighted by Crippen LogP contribution is -2.42. The van der Waals surface area contributed by atoms with E-state index in [9.17, 15) is 4.79 Å². The molecule has 3 unspecified atom stereocenters. The lowest BCUT2D eigenvalue weighted by Gasteiger charge is -2.30. The van der Waals surface area contributed by atoms with E-state index in [1.807, 2.05) is 6.07 Å². The van der Waals surface area contributed by atoms with E-state index >= 15 is 0 Å². The van der Waals surface area contributed by atoms with Crippen LogP contribution in [0.1, 0.15) is 57.1 Å². The number of rotatable bonds is 5. The number of hydrogen-bond acceptors (Lipinski definition) is 6. The summed E-state index contributed by atoms with van der Waals surface area (Å²) in [6.07, 6.45) is 11.2. The third kappa shape index (κ3) is 4.13. The highest BCUT2D eigenvalue weighted by Gasteiger charge is 2.49. The van der Waals surface area contributed by atoms with Gasteiger partial charge in [0.05, 0.1) is 31.5 Å². The van der Waals surface area contributed by atoms with E-state index in [0.29, 0.717) is 23.3 Å². The van der Waals surface area contributed by atoms with Crippen molar-refractivity contribution in [2.75, 3.05) is 11.9 Å². The smallest absolute Gasteiger partial charge is 0.222 e. The topological polar surface area (TPSA) is 99.9 Å². The fraction of sp³-hybridized carbons (Fsp3) is 0.684. The summed E-state index contributed by atoms with van der Waals surface area (Å²) in [6.45, 7) is 0.839. The molecule has 3 fully saturated rings. The standard InChI is InChI=1S/C19H25N5O2/c20-9-15-10-22-17(11-21-15)23-13-2-1-3-14(6-13)24-18(25)7-16-8-19(4-5-19)12-26-16/h10-11,13-14,16H,1-8,12H2,(H,22,23)(H,24,25). The molecule has 1 saturated heterocycles. The summed E-state index contributed by atoms with van der Waals surface area (Å²) in [5.41, 5.74) is 0.735. The molecule has 0 bridgehead atoms. The van der Waals surface area contributed by atoms with Crippen molar-refractivity contribution in [3.05, 3.63) is 18.1 Å². The Morgan fingerprint density at radius 1 is 1.31 bits per heavy atom. The SMILES string of the molecule is N#Cc1cnc(NC2CCCC(NC(=O)CC3CC4(CC4)CO3)C2)cn1. The summed E-state index contributed by atoms with van der Waals surface area (Å²) in [5.74, 6) is 0.784. The van der Waals surface area contributed by atoms with E-state index in [2.05, 4.69) is 20.6 Å². The molecular weight excluding hydrogens is 330 g/mol. The fourth-order valence-corrected chi connectivity index (χ4v) is 4.17. The predicted molar refractivity (Wildman–Crippen MR) is 95.2 cm³/mol. The third-order valence-electron chi connectivity index (χ3n) is 5.81. The predicted octanol–water partition coefficient (Wildman–Crippen LogP) is 2.15. The van der Waals surface area contributed by atoms with Gasteiger partial charge in [-0.1, -0.05) is 0 Å². The minimum absolute atomic E-state index is 0.101. The molecule has 0 radical (unpaired) electrons. The number of anilines is 1. The van der Waals surface area contributed by atoms with Gasteiger partial charge in [0, 0.05) is 12.1 Å². The molecule has 3 atom stereocenters. The molecular formula is C19H25N5O2. The fourth-order valence-electron chi connectivity index (χ4n) is 4.17. The van der Waals surface area contributed by atoms with Crippen molar-refractivity contribution in [2.45, 2.75) is 69.6 Å². The van der Waals surface area contributed by atoms with E-state index < -0.39 is 0 Å². The van der Waals surface area contributed by atoms with Crippen LogP contribution in [0.4, 0.5) is 5.82 Å². The van der Waals surface area contributed by atoms with Gasteiger partial charge in [0.15, 0.2) is 5.69 Å². The molecule has 2 saturated carbocycles. The average molecular weight is 355 g/mol. The number of carbonyl (C=O) groups excluding carboxylic acids is 1. The third-order valence-corrected chi connectivity index (χ3v) is 5.81. The Bertz CT molecular complexity index is 695. The minimum atomic E-state index is 0.101. The molecule has 2 N–H and O–H groups in total. The van der Waals surface area contributed by atoms with Crippen LogP contribution in [0.15, 0.2) is 12.4 Å². The number of nitrogens with one attached hydrogen (secondary N) is 2. The van der Waals surface area contributed by atoms with E-state index in [1.165, 1.54) is 19.0 Å². The summed E-state index contributed by atoms with van der Waals surface area (Å²) >= 11 is 0. The normalized spacial score (nSPS) is 29.1. The maximum absolute atomic E-state index is 12.4. The Labute approximate surface area is 153 Å². The first-order valence-electron chi connectivity index (χ1n) is 9.54. The maximum Gasteiger partial charge on any atom is 0.222 e. The van der Waals surface area contributed by atoms with Crippen molar-refractivity contribution < 1.29 is 9.53 Å². The van der Waals surface area contributed by atoms with Gasteiger partial charge in [-0.2, -0.15) is 5.26 Å². The molecule has 2 aliphatic carbocycles. The Hall–Kier alpha value is -2.20. The molecule has 1 aromatic heterocycles. The van der Waals surface area contributed by atoms with Crippen LogP contribution in [0.5, 0.6) is 0 Å². The van der Waals surface area contributed by atoms with Crippen LogP contribution in [-0.2, 0) is 9.53 Å². The Morgan fingerprint density at radius 3 is 2.85 bits per heavy atom. The molecule has 3 aliphatic rings. The zero-order chi connectivity index (χ0) is 18.0. The average Bonchev–Trinajstić information content (AvgIpc) is 3.28. The molecule has 1 spiro atoms. The number of aromatic nitrogens is 2. The lowest BCUT2D eigenvalue weighted by molar-refractivity contribution is -0.124. The molecule has 7 nitrogen and oxygen atoms in total.